The Hall–Kier alpha value is 0.730. The van der Waals surface area contributed by atoms with Crippen LogP contribution in [-0.2, 0) is 0 Å². The maximum atomic E-state index is 6.18. The molecule has 0 spiro atoms. The fourth-order valence-electron chi connectivity index (χ4n) is 2.60. The standard InChI is InChI=1S/C17H37ClN.BrH/c1-4-6-8-10-12-14-16-19(3,17-18)15-13-11-9-7-5-2;/h4-17H2,1-3H3;1H/q+1;/p-1. The largest absolute Gasteiger partial charge is 1.00 e. The molecule has 0 saturated carbocycles. The quantitative estimate of drug-likeness (QED) is 0.191. The molecule has 124 valence electrons. The van der Waals surface area contributed by atoms with Crippen molar-refractivity contribution in [3.63, 3.8) is 0 Å². The van der Waals surface area contributed by atoms with Crippen LogP contribution >= 0.6 is 11.6 Å². The molecule has 0 aromatic heterocycles. The maximum Gasteiger partial charge on any atom is 0.154 e. The summed E-state index contributed by atoms with van der Waals surface area (Å²) in [7, 11) is 2.33. The van der Waals surface area contributed by atoms with Gasteiger partial charge in [0.2, 0.25) is 0 Å². The fraction of sp³-hybridized carbons (Fsp3) is 1.00. The third-order valence-corrected chi connectivity index (χ3v) is 4.72. The summed E-state index contributed by atoms with van der Waals surface area (Å²) in [6.45, 7) is 7.09. The Morgan fingerprint density at radius 2 is 1.00 bits per heavy atom. The van der Waals surface area contributed by atoms with Crippen LogP contribution in [0.3, 0.4) is 0 Å². The van der Waals surface area contributed by atoms with Crippen molar-refractivity contribution in [2.45, 2.75) is 84.5 Å². The summed E-state index contributed by atoms with van der Waals surface area (Å²) < 4.78 is 1.07. The summed E-state index contributed by atoms with van der Waals surface area (Å²) in [5.74, 6) is 0. The van der Waals surface area contributed by atoms with Crippen LogP contribution in [-0.4, -0.2) is 30.6 Å². The molecule has 0 aliphatic heterocycles. The molecule has 20 heavy (non-hydrogen) atoms. The van der Waals surface area contributed by atoms with Crippen molar-refractivity contribution in [1.29, 1.82) is 0 Å². The Balaban J connectivity index is 0. The first-order valence-corrected chi connectivity index (χ1v) is 9.11. The number of rotatable bonds is 14. The van der Waals surface area contributed by atoms with Gasteiger partial charge < -0.3 is 21.5 Å². The van der Waals surface area contributed by atoms with E-state index in [-0.39, 0.29) is 17.0 Å². The van der Waals surface area contributed by atoms with Gasteiger partial charge in [0.05, 0.1) is 20.1 Å². The van der Waals surface area contributed by atoms with Crippen molar-refractivity contribution in [1.82, 2.24) is 0 Å². The predicted molar refractivity (Wildman–Crippen MR) is 88.8 cm³/mol. The van der Waals surface area contributed by atoms with Gasteiger partial charge in [-0.25, -0.2) is 0 Å². The van der Waals surface area contributed by atoms with Gasteiger partial charge >= 0.3 is 0 Å². The molecule has 0 aromatic carbocycles. The highest BCUT2D eigenvalue weighted by molar-refractivity contribution is 6.16. The minimum Gasteiger partial charge on any atom is -1.00 e. The minimum absolute atomic E-state index is 0. The Kier molecular flexibility index (Phi) is 18.5. The van der Waals surface area contributed by atoms with Gasteiger partial charge in [-0.15, -0.1) is 0 Å². The zero-order valence-corrected chi connectivity index (χ0v) is 16.4. The van der Waals surface area contributed by atoms with Crippen molar-refractivity contribution in [3.05, 3.63) is 0 Å². The van der Waals surface area contributed by atoms with Crippen molar-refractivity contribution in [3.8, 4) is 0 Å². The second-order valence-electron chi connectivity index (χ2n) is 6.37. The van der Waals surface area contributed by atoms with Gasteiger partial charge in [0.25, 0.3) is 0 Å². The van der Waals surface area contributed by atoms with Crippen LogP contribution in [0, 0.1) is 0 Å². The molecule has 0 fully saturated rings. The molecule has 0 rings (SSSR count). The highest BCUT2D eigenvalue weighted by Gasteiger charge is 2.18. The Labute approximate surface area is 143 Å². The zero-order valence-electron chi connectivity index (χ0n) is 14.1. The van der Waals surface area contributed by atoms with E-state index < -0.39 is 0 Å². The lowest BCUT2D eigenvalue weighted by Gasteiger charge is -2.32. The molecule has 0 heterocycles. The normalized spacial score (nSPS) is 13.8. The topological polar surface area (TPSA) is 0 Å². The Bertz CT molecular complexity index is 190. The lowest BCUT2D eigenvalue weighted by Crippen LogP contribution is -3.00. The third-order valence-electron chi connectivity index (χ3n) is 4.14. The number of quaternary nitrogens is 1. The summed E-state index contributed by atoms with van der Waals surface area (Å²) in [6, 6.07) is 0.780. The fourth-order valence-corrected chi connectivity index (χ4v) is 2.84. The second-order valence-corrected chi connectivity index (χ2v) is 6.61. The van der Waals surface area contributed by atoms with E-state index in [9.17, 15) is 0 Å². The van der Waals surface area contributed by atoms with Gasteiger partial charge in [-0.2, -0.15) is 0 Å². The van der Waals surface area contributed by atoms with E-state index in [0.717, 1.165) is 10.5 Å². The van der Waals surface area contributed by atoms with E-state index in [1.54, 1.807) is 0 Å². The van der Waals surface area contributed by atoms with Crippen LogP contribution in [0.1, 0.15) is 84.5 Å². The van der Waals surface area contributed by atoms with Gasteiger partial charge in [0.15, 0.2) is 6.00 Å². The summed E-state index contributed by atoms with van der Waals surface area (Å²) in [6.07, 6.45) is 15.2. The van der Waals surface area contributed by atoms with Gasteiger partial charge in [0.1, 0.15) is 0 Å². The lowest BCUT2D eigenvalue weighted by atomic mass is 10.1. The zero-order chi connectivity index (χ0) is 14.4. The van der Waals surface area contributed by atoms with Crippen LogP contribution < -0.4 is 17.0 Å². The van der Waals surface area contributed by atoms with E-state index >= 15 is 0 Å². The predicted octanol–water partition coefficient (Wildman–Crippen LogP) is 2.96. The van der Waals surface area contributed by atoms with Crippen molar-refractivity contribution in [2.24, 2.45) is 0 Å². The Morgan fingerprint density at radius 1 is 0.650 bits per heavy atom. The van der Waals surface area contributed by atoms with E-state index in [1.165, 1.54) is 83.7 Å². The van der Waals surface area contributed by atoms with Gasteiger partial charge in [0, 0.05) is 0 Å². The van der Waals surface area contributed by atoms with Gasteiger partial charge in [-0.3, -0.25) is 0 Å². The number of unbranched alkanes of at least 4 members (excludes halogenated alkanes) is 9. The number of hydrogen-bond acceptors (Lipinski definition) is 0. The first-order valence-electron chi connectivity index (χ1n) is 8.58. The first-order chi connectivity index (χ1) is 9.18. The molecule has 0 N–H and O–H groups in total. The van der Waals surface area contributed by atoms with E-state index in [2.05, 4.69) is 20.9 Å². The van der Waals surface area contributed by atoms with E-state index in [0.29, 0.717) is 0 Å². The van der Waals surface area contributed by atoms with Crippen LogP contribution in [0.4, 0.5) is 0 Å². The second kappa shape index (κ2) is 16.1. The number of halogens is 2. The molecule has 0 aliphatic rings. The van der Waals surface area contributed by atoms with Gasteiger partial charge in [-0.05, 0) is 25.7 Å². The molecule has 0 aromatic rings. The maximum absolute atomic E-state index is 6.18. The van der Waals surface area contributed by atoms with Crippen LogP contribution in [0.25, 0.3) is 0 Å². The monoisotopic (exact) mass is 369 g/mol. The Morgan fingerprint density at radius 3 is 1.35 bits per heavy atom. The molecule has 1 atom stereocenters. The van der Waals surface area contributed by atoms with E-state index in [4.69, 9.17) is 11.6 Å². The molecule has 0 bridgehead atoms. The smallest absolute Gasteiger partial charge is 0.154 e. The number of hydrogen-bond donors (Lipinski definition) is 0. The molecular weight excluding hydrogens is 334 g/mol. The summed E-state index contributed by atoms with van der Waals surface area (Å²) in [4.78, 5) is 0. The van der Waals surface area contributed by atoms with Gasteiger partial charge in [-0.1, -0.05) is 70.4 Å². The van der Waals surface area contributed by atoms with E-state index in [1.807, 2.05) is 0 Å². The molecule has 1 unspecified atom stereocenters. The molecular formula is C17H37BrClN. The van der Waals surface area contributed by atoms with Crippen LogP contribution in [0.2, 0.25) is 0 Å². The molecule has 0 saturated heterocycles. The SMILES string of the molecule is CCCCCCCC[N+](C)(CCl)CCCCCCC.[Br-]. The molecule has 0 radical (unpaired) electrons. The average Bonchev–Trinajstić information content (AvgIpc) is 2.42. The highest BCUT2D eigenvalue weighted by Crippen LogP contribution is 2.14. The average molecular weight is 371 g/mol. The molecule has 0 aliphatic carbocycles. The van der Waals surface area contributed by atoms with Crippen LogP contribution in [0.5, 0.6) is 0 Å². The lowest BCUT2D eigenvalue weighted by molar-refractivity contribution is -0.899. The summed E-state index contributed by atoms with van der Waals surface area (Å²) >= 11 is 6.18. The highest BCUT2D eigenvalue weighted by atomic mass is 79.9. The molecule has 3 heteroatoms. The number of nitrogens with zero attached hydrogens (tertiary/aromatic N) is 1. The van der Waals surface area contributed by atoms with Crippen LogP contribution in [0.15, 0.2) is 0 Å². The first kappa shape index (κ1) is 23.0. The third kappa shape index (κ3) is 13.7. The van der Waals surface area contributed by atoms with Crippen molar-refractivity contribution >= 4 is 11.6 Å². The molecule has 0 amide bonds. The number of alkyl halides is 1. The summed E-state index contributed by atoms with van der Waals surface area (Å²) in [5.41, 5.74) is 0. The minimum atomic E-state index is 0. The van der Waals surface area contributed by atoms with Crippen molar-refractivity contribution in [2.75, 3.05) is 26.1 Å². The summed E-state index contributed by atoms with van der Waals surface area (Å²) in [5, 5.41) is 0. The molecule has 1 nitrogen and oxygen atoms in total. The van der Waals surface area contributed by atoms with Crippen molar-refractivity contribution < 1.29 is 21.5 Å².